The summed E-state index contributed by atoms with van der Waals surface area (Å²) < 4.78 is 5.54. The van der Waals surface area contributed by atoms with Gasteiger partial charge in [0.15, 0.2) is 5.58 Å². The Balaban J connectivity index is 2.14. The summed E-state index contributed by atoms with van der Waals surface area (Å²) in [6.07, 6.45) is 1.63. The van der Waals surface area contributed by atoms with Gasteiger partial charge >= 0.3 is 0 Å². The highest BCUT2D eigenvalue weighted by atomic mass is 16.4. The van der Waals surface area contributed by atoms with Gasteiger partial charge in [-0.05, 0) is 25.0 Å². The summed E-state index contributed by atoms with van der Waals surface area (Å²) in [7, 11) is 0. The van der Waals surface area contributed by atoms with Crippen LogP contribution in [-0.2, 0) is 0 Å². The van der Waals surface area contributed by atoms with E-state index in [-0.39, 0.29) is 12.6 Å². The Hall–Kier alpha value is -1.55. The minimum Gasteiger partial charge on any atom is -0.424 e. The molecule has 0 aliphatic heterocycles. The molecular weight excluding hydrogens is 204 g/mol. The van der Waals surface area contributed by atoms with E-state index in [1.165, 1.54) is 0 Å². The number of hydrogen-bond acceptors (Lipinski definition) is 4. The smallest absolute Gasteiger partial charge is 0.295 e. The molecule has 1 aromatic heterocycles. The fourth-order valence-electron chi connectivity index (χ4n) is 1.64. The van der Waals surface area contributed by atoms with Gasteiger partial charge in [-0.2, -0.15) is 4.98 Å². The van der Waals surface area contributed by atoms with Crippen LogP contribution in [0.15, 0.2) is 28.7 Å². The molecule has 16 heavy (non-hydrogen) atoms. The molecule has 0 spiro atoms. The molecule has 86 valence electrons. The van der Waals surface area contributed by atoms with Crippen molar-refractivity contribution in [3.05, 3.63) is 24.3 Å². The Morgan fingerprint density at radius 2 is 2.25 bits per heavy atom. The minimum absolute atomic E-state index is 0.172. The summed E-state index contributed by atoms with van der Waals surface area (Å²) in [5.74, 6) is 0. The second kappa shape index (κ2) is 4.99. The highest BCUT2D eigenvalue weighted by molar-refractivity contribution is 5.74. The predicted octanol–water partition coefficient (Wildman–Crippen LogP) is 2.40. The third kappa shape index (κ3) is 2.33. The minimum atomic E-state index is 0.172. The number of aliphatic hydroxyl groups excluding tert-OH is 1. The first-order chi connectivity index (χ1) is 7.83. The zero-order valence-corrected chi connectivity index (χ0v) is 9.31. The Kier molecular flexibility index (Phi) is 3.41. The maximum atomic E-state index is 8.89. The van der Waals surface area contributed by atoms with Crippen LogP contribution >= 0.6 is 0 Å². The average Bonchev–Trinajstić information content (AvgIpc) is 2.70. The summed E-state index contributed by atoms with van der Waals surface area (Å²) in [5, 5.41) is 12.1. The van der Waals surface area contributed by atoms with Crippen LogP contribution in [0.4, 0.5) is 6.01 Å². The van der Waals surface area contributed by atoms with Crippen molar-refractivity contribution in [3.63, 3.8) is 0 Å². The lowest BCUT2D eigenvalue weighted by Crippen LogP contribution is -2.19. The normalized spacial score (nSPS) is 12.9. The maximum Gasteiger partial charge on any atom is 0.295 e. The lowest BCUT2D eigenvalue weighted by molar-refractivity contribution is 0.277. The lowest BCUT2D eigenvalue weighted by Gasteiger charge is -2.13. The topological polar surface area (TPSA) is 58.3 Å². The number of aliphatic hydroxyl groups is 1. The van der Waals surface area contributed by atoms with Crippen molar-refractivity contribution >= 4 is 17.1 Å². The summed E-state index contributed by atoms with van der Waals surface area (Å²) in [4.78, 5) is 4.32. The molecule has 0 amide bonds. The largest absolute Gasteiger partial charge is 0.424 e. The number of para-hydroxylation sites is 2. The second-order valence-electron chi connectivity index (χ2n) is 3.75. The van der Waals surface area contributed by atoms with Crippen LogP contribution in [0.2, 0.25) is 0 Å². The molecule has 2 N–H and O–H groups in total. The van der Waals surface area contributed by atoms with Gasteiger partial charge in [-0.25, -0.2) is 0 Å². The van der Waals surface area contributed by atoms with Gasteiger partial charge in [-0.1, -0.05) is 19.1 Å². The molecule has 0 radical (unpaired) electrons. The molecule has 0 fully saturated rings. The van der Waals surface area contributed by atoms with Crippen LogP contribution in [0.1, 0.15) is 19.8 Å². The molecule has 4 heteroatoms. The summed E-state index contributed by atoms with van der Waals surface area (Å²) in [5.41, 5.74) is 1.63. The number of anilines is 1. The zero-order valence-electron chi connectivity index (χ0n) is 9.31. The van der Waals surface area contributed by atoms with Crippen molar-refractivity contribution in [3.8, 4) is 0 Å². The van der Waals surface area contributed by atoms with Gasteiger partial charge < -0.3 is 14.8 Å². The van der Waals surface area contributed by atoms with E-state index < -0.39 is 0 Å². The van der Waals surface area contributed by atoms with E-state index in [4.69, 9.17) is 9.52 Å². The van der Waals surface area contributed by atoms with Crippen molar-refractivity contribution in [2.75, 3.05) is 11.9 Å². The molecule has 0 aliphatic carbocycles. The molecule has 0 aliphatic rings. The quantitative estimate of drug-likeness (QED) is 0.812. The van der Waals surface area contributed by atoms with Crippen molar-refractivity contribution in [1.82, 2.24) is 4.98 Å². The summed E-state index contributed by atoms with van der Waals surface area (Å²) in [6.45, 7) is 2.24. The predicted molar refractivity (Wildman–Crippen MR) is 63.4 cm³/mol. The van der Waals surface area contributed by atoms with E-state index in [0.717, 1.165) is 17.5 Å². The van der Waals surface area contributed by atoms with E-state index in [2.05, 4.69) is 17.2 Å². The first-order valence-electron chi connectivity index (χ1n) is 5.56. The number of fused-ring (bicyclic) bond motifs is 1. The third-order valence-corrected chi connectivity index (χ3v) is 2.59. The molecule has 1 aromatic carbocycles. The maximum absolute atomic E-state index is 8.89. The van der Waals surface area contributed by atoms with Crippen LogP contribution in [0.25, 0.3) is 11.1 Å². The van der Waals surface area contributed by atoms with Crippen molar-refractivity contribution in [1.29, 1.82) is 0 Å². The highest BCUT2D eigenvalue weighted by Crippen LogP contribution is 2.19. The number of hydrogen-bond donors (Lipinski definition) is 2. The molecule has 0 saturated heterocycles. The summed E-state index contributed by atoms with van der Waals surface area (Å²) in [6, 6.07) is 8.39. The van der Waals surface area contributed by atoms with E-state index in [1.807, 2.05) is 24.3 Å². The van der Waals surface area contributed by atoms with Crippen molar-refractivity contribution in [2.45, 2.75) is 25.8 Å². The monoisotopic (exact) mass is 220 g/mol. The number of benzene rings is 1. The molecule has 1 unspecified atom stereocenters. The van der Waals surface area contributed by atoms with Crippen molar-refractivity contribution in [2.24, 2.45) is 0 Å². The zero-order chi connectivity index (χ0) is 11.4. The molecule has 0 saturated carbocycles. The fraction of sp³-hybridized carbons (Fsp3) is 0.417. The van der Waals surface area contributed by atoms with Crippen molar-refractivity contribution < 1.29 is 9.52 Å². The van der Waals surface area contributed by atoms with Gasteiger partial charge in [0.2, 0.25) is 0 Å². The molecule has 1 atom stereocenters. The Morgan fingerprint density at radius 3 is 2.94 bits per heavy atom. The first kappa shape index (κ1) is 11.0. The molecule has 2 aromatic rings. The van der Waals surface area contributed by atoms with Crippen LogP contribution in [-0.4, -0.2) is 22.7 Å². The van der Waals surface area contributed by atoms with Crippen LogP contribution < -0.4 is 5.32 Å². The fourth-order valence-corrected chi connectivity index (χ4v) is 1.64. The van der Waals surface area contributed by atoms with Gasteiger partial charge in [0.1, 0.15) is 5.52 Å². The molecule has 0 bridgehead atoms. The number of rotatable bonds is 5. The lowest BCUT2D eigenvalue weighted by atomic mass is 10.2. The Bertz CT molecular complexity index is 420. The van der Waals surface area contributed by atoms with Crippen LogP contribution in [0, 0.1) is 0 Å². The van der Waals surface area contributed by atoms with Gasteiger partial charge in [-0.3, -0.25) is 0 Å². The van der Waals surface area contributed by atoms with E-state index >= 15 is 0 Å². The Morgan fingerprint density at radius 1 is 1.44 bits per heavy atom. The van der Waals surface area contributed by atoms with Crippen LogP contribution in [0.5, 0.6) is 0 Å². The van der Waals surface area contributed by atoms with E-state index in [0.29, 0.717) is 12.4 Å². The van der Waals surface area contributed by atoms with Gasteiger partial charge in [-0.15, -0.1) is 0 Å². The second-order valence-corrected chi connectivity index (χ2v) is 3.75. The summed E-state index contributed by atoms with van der Waals surface area (Å²) >= 11 is 0. The molecule has 1 heterocycles. The SMILES string of the molecule is CCC(CCO)Nc1nc2ccccc2o1. The number of nitrogens with zero attached hydrogens (tertiary/aromatic N) is 1. The molecule has 4 nitrogen and oxygen atoms in total. The van der Waals surface area contributed by atoms with Gasteiger partial charge in [0.05, 0.1) is 0 Å². The van der Waals surface area contributed by atoms with Gasteiger partial charge in [0.25, 0.3) is 6.01 Å². The molecular formula is C12H16N2O2. The number of nitrogens with one attached hydrogen (secondary N) is 1. The molecule has 2 rings (SSSR count). The number of aromatic nitrogens is 1. The standard InChI is InChI=1S/C12H16N2O2/c1-2-9(7-8-15)13-12-14-10-5-3-4-6-11(10)16-12/h3-6,9,15H,2,7-8H2,1H3,(H,13,14). The Labute approximate surface area is 94.3 Å². The first-order valence-corrected chi connectivity index (χ1v) is 5.56. The number of oxazole rings is 1. The van der Waals surface area contributed by atoms with E-state index in [1.54, 1.807) is 0 Å². The van der Waals surface area contributed by atoms with Gasteiger partial charge in [0, 0.05) is 12.6 Å². The highest BCUT2D eigenvalue weighted by Gasteiger charge is 2.10. The van der Waals surface area contributed by atoms with Crippen LogP contribution in [0.3, 0.4) is 0 Å². The average molecular weight is 220 g/mol. The van der Waals surface area contributed by atoms with E-state index in [9.17, 15) is 0 Å². The third-order valence-electron chi connectivity index (χ3n) is 2.59.